The van der Waals surface area contributed by atoms with E-state index in [1.807, 2.05) is 0 Å². The molecule has 62 heteroatoms. The molecule has 2 aromatic heterocycles. The molecule has 118 heavy (non-hydrogen) atoms. The second-order valence-electron chi connectivity index (χ2n) is 23.2. The number of rotatable bonds is 33. The minimum atomic E-state index is -5.40. The fourth-order valence-corrected chi connectivity index (χ4v) is 17.8. The Morgan fingerprint density at radius 1 is 0.432 bits per heavy atom. The van der Waals surface area contributed by atoms with Crippen LogP contribution in [0.3, 0.4) is 0 Å². The minimum absolute atomic E-state index is 0. The standard InChI is InChI=1S/C56H50Cl2N16O32S10.K.Na/c57-41-44-48(106-46-34(66-44)10-12-36(50(46)114(94,95)96)60-16-18-62-52-70-54(64-28-4-2-6-30(24-28)108(77,78)22-20-104-116(100,101)102)74-56(72-52)68-38-26-32(110(82,83)84)8-14-40(38)112(88,89)90)42(58)43-47(41)105-45-33(65-43)9-11-35(49(45)113(91,92)93)59-15-17-61-51-69-53(63-27-3-1-5-29(23-27)107(75,76)21-19-103-115(97,98)99)73-55(71-51)67-37-25-31(109(79,80)81)7-13-39(37)111(85,86)87;;/h1-14,23-26,59,65H,15-22H2,(H,79,80,81)(H,82,83,84)(H,85,86,87)(H,88,89,90)(H,91,92,93)(H,94,95,96)(H,97,98,99)(H,100,101,102)(H3,61,63,67,69,71,73)(H3,62,64,68,70,72,74);;. The molecule has 1 aliphatic carbocycles. The van der Waals surface area contributed by atoms with E-state index in [9.17, 15) is 111 Å². The fraction of sp³-hybridized carbons (Fsp3) is 0.143. The zero-order valence-electron chi connectivity index (χ0n) is 58.8. The Morgan fingerprint density at radius 3 is 1.33 bits per heavy atom. The van der Waals surface area contributed by atoms with E-state index in [1.165, 1.54) is 30.3 Å². The Balaban J connectivity index is 0.00000794. The monoisotopic (exact) mass is 1910 g/mol. The molecule has 48 nitrogen and oxygen atoms in total. The molecule has 0 bridgehead atoms. The van der Waals surface area contributed by atoms with Gasteiger partial charge in [0.25, 0.3) is 50.6 Å². The van der Waals surface area contributed by atoms with Crippen LogP contribution >= 0.6 is 23.2 Å². The third-order valence-corrected chi connectivity index (χ3v) is 25.5. The van der Waals surface area contributed by atoms with Gasteiger partial charge in [-0.1, -0.05) is 35.3 Å². The van der Waals surface area contributed by atoms with E-state index in [0.29, 0.717) is 36.4 Å². The summed E-state index contributed by atoms with van der Waals surface area (Å²) >= 11 is 13.8. The summed E-state index contributed by atoms with van der Waals surface area (Å²) in [5.41, 5.74) is -3.78. The van der Waals surface area contributed by atoms with Crippen molar-refractivity contribution in [3.8, 4) is 23.0 Å². The second kappa shape index (κ2) is 36.3. The van der Waals surface area contributed by atoms with Crippen LogP contribution < -0.4 is 52.6 Å². The SMILES string of the molecule is O=S(=O)(O)OCCS(=O)(=O)c1cccc(Nc2nc(NCCN=c3ccc4nc5c(Cl)c6c(c(Cl)c5oc-4c3S(=O)(=O)O)Nc3ccc(NCCNc4nc(Nc5cccc(S(=O)(=O)CCOS(=O)(=O)O)c5)nc(Nc5cc(S(=O)(=O)O)ccc5S(=O)(=O)O)n4)c(S(=O)(=O)O)c3O6)nc(Nc3cc(S(=O)(=O)O)ccc3S(=O)(=O)O)n2)c1.[K].[Na]. The van der Waals surface area contributed by atoms with Gasteiger partial charge in [-0.15, -0.1) is 0 Å². The Hall–Kier alpha value is -7.52. The molecule has 8 aromatic rings. The molecule has 0 spiro atoms. The smallest absolute Gasteiger partial charge is 0.397 e. The summed E-state index contributed by atoms with van der Waals surface area (Å²) in [6.45, 7) is -3.54. The molecular weight excluding hydrogens is 1860 g/mol. The maximum atomic E-state index is 13.4. The van der Waals surface area contributed by atoms with Crippen molar-refractivity contribution in [1.29, 1.82) is 0 Å². The van der Waals surface area contributed by atoms with E-state index in [0.717, 1.165) is 42.5 Å². The molecule has 6 aromatic carbocycles. The number of hydrogen-bond donors (Lipinski definition) is 16. The molecule has 16 N–H and O–H groups in total. The molecule has 0 unspecified atom stereocenters. The largest absolute Gasteiger partial charge is 0.450 e. The van der Waals surface area contributed by atoms with Gasteiger partial charge in [-0.25, -0.2) is 30.2 Å². The summed E-state index contributed by atoms with van der Waals surface area (Å²) in [6, 6.07) is 17.5. The molecule has 2 radical (unpaired) electrons. The third-order valence-electron chi connectivity index (χ3n) is 15.2. The molecule has 11 rings (SSSR count). The number of nitrogens with zero attached hydrogens (tertiary/aromatic N) is 8. The van der Waals surface area contributed by atoms with Crippen molar-refractivity contribution in [2.24, 2.45) is 4.99 Å². The van der Waals surface area contributed by atoms with Gasteiger partial charge in [-0.3, -0.25) is 41.4 Å². The van der Waals surface area contributed by atoms with Crippen molar-refractivity contribution >= 4 is 292 Å². The van der Waals surface area contributed by atoms with E-state index in [2.05, 4.69) is 90.8 Å². The first-order valence-electron chi connectivity index (χ1n) is 31.0. The summed E-state index contributed by atoms with van der Waals surface area (Å²) in [5.74, 6) is -6.89. The van der Waals surface area contributed by atoms with Gasteiger partial charge < -0.3 is 51.7 Å². The Bertz CT molecular complexity index is 7010. The first-order valence-corrected chi connectivity index (χ1v) is 46.5. The van der Waals surface area contributed by atoms with Crippen molar-refractivity contribution in [2.45, 2.75) is 39.2 Å². The predicted octanol–water partition coefficient (Wildman–Crippen LogP) is 3.87. The Kier molecular flexibility index (Phi) is 29.0. The van der Waals surface area contributed by atoms with Crippen LogP contribution in [0.25, 0.3) is 22.6 Å². The number of benzene rings is 7. The van der Waals surface area contributed by atoms with Crippen LogP contribution in [0.1, 0.15) is 0 Å². The molecule has 0 fully saturated rings. The summed E-state index contributed by atoms with van der Waals surface area (Å²) in [4.78, 5) is 27.0. The zero-order valence-corrected chi connectivity index (χ0v) is 73.6. The van der Waals surface area contributed by atoms with Gasteiger partial charge in [0.05, 0.1) is 79.0 Å². The Morgan fingerprint density at radius 2 is 0.881 bits per heavy atom. The number of halogens is 2. The summed E-state index contributed by atoms with van der Waals surface area (Å²) in [5, 5.41) is 19.7. The van der Waals surface area contributed by atoms with E-state index in [-0.39, 0.29) is 134 Å². The first-order chi connectivity index (χ1) is 53.8. The van der Waals surface area contributed by atoms with E-state index < -0.39 is 263 Å². The predicted molar refractivity (Wildman–Crippen MR) is 414 cm³/mol. The topological polar surface area (TPSA) is 743 Å². The van der Waals surface area contributed by atoms with E-state index in [1.54, 1.807) is 0 Å². The maximum absolute atomic E-state index is 13.4. The second-order valence-corrected chi connectivity index (χ2v) is 38.7. The van der Waals surface area contributed by atoms with Crippen molar-refractivity contribution in [1.82, 2.24) is 34.9 Å². The quantitative estimate of drug-likeness (QED) is 0.0120. The van der Waals surface area contributed by atoms with Gasteiger partial charge in [-0.05, 0) is 97.1 Å². The number of fused-ring (bicyclic) bond motifs is 4. The molecule has 0 saturated carbocycles. The van der Waals surface area contributed by atoms with E-state index >= 15 is 0 Å². The summed E-state index contributed by atoms with van der Waals surface area (Å²) in [6.07, 6.45) is 0. The van der Waals surface area contributed by atoms with Gasteiger partial charge in [0, 0.05) is 112 Å². The van der Waals surface area contributed by atoms with Gasteiger partial charge in [0.15, 0.2) is 52.3 Å². The molecule has 0 amide bonds. The van der Waals surface area contributed by atoms with Gasteiger partial charge in [0.2, 0.25) is 35.7 Å². The Labute approximate surface area is 741 Å². The number of hydrogen-bond acceptors (Lipinski definition) is 40. The maximum Gasteiger partial charge on any atom is 0.397 e. The molecule has 3 aliphatic rings. The zero-order chi connectivity index (χ0) is 84.8. The van der Waals surface area contributed by atoms with E-state index in [4.69, 9.17) is 41.5 Å². The molecule has 622 valence electrons. The number of nitrogens with one attached hydrogen (secondary N) is 8. The molecule has 2 aliphatic heterocycles. The number of ether oxygens (including phenoxy) is 1. The van der Waals surface area contributed by atoms with Crippen molar-refractivity contribution in [3.63, 3.8) is 0 Å². The number of anilines is 13. The van der Waals surface area contributed by atoms with Crippen molar-refractivity contribution in [3.05, 3.63) is 125 Å². The van der Waals surface area contributed by atoms with Gasteiger partial charge in [-0.2, -0.15) is 97.2 Å². The molecule has 4 heterocycles. The average Bonchev–Trinajstić information content (AvgIpc) is 0.721. The number of aromatic nitrogens is 7. The summed E-state index contributed by atoms with van der Waals surface area (Å²) in [7, 11) is -49.9. The normalized spacial score (nSPS) is 13.1. The minimum Gasteiger partial charge on any atom is -0.450 e. The van der Waals surface area contributed by atoms with Crippen LogP contribution in [0, 0.1) is 0 Å². The molecule has 0 saturated heterocycles. The average molecular weight is 1910 g/mol. The van der Waals surface area contributed by atoms with Crippen LogP contribution in [0.15, 0.2) is 158 Å². The van der Waals surface area contributed by atoms with Gasteiger partial charge >= 0.3 is 30.9 Å². The van der Waals surface area contributed by atoms with Crippen LogP contribution in [0.5, 0.6) is 11.5 Å². The van der Waals surface area contributed by atoms with Crippen molar-refractivity contribution in [2.75, 3.05) is 93.4 Å². The van der Waals surface area contributed by atoms with Crippen LogP contribution in [0.2, 0.25) is 10.0 Å². The first kappa shape index (κ1) is 94.3. The van der Waals surface area contributed by atoms with Crippen LogP contribution in [-0.4, -0.2) is 287 Å². The van der Waals surface area contributed by atoms with Gasteiger partial charge in [0.1, 0.15) is 36.7 Å². The van der Waals surface area contributed by atoms with Crippen molar-refractivity contribution < 1.29 is 138 Å². The third kappa shape index (κ3) is 23.6. The molecule has 0 atom stereocenters. The fourth-order valence-electron chi connectivity index (χ4n) is 10.4. The summed E-state index contributed by atoms with van der Waals surface area (Å²) < 4.78 is 347. The van der Waals surface area contributed by atoms with Crippen LogP contribution in [-0.2, 0) is 110 Å². The molecular formula is C56H50Cl2KN16NaO32S10. The van der Waals surface area contributed by atoms with Crippen LogP contribution in [0.4, 0.5) is 75.5 Å². The number of sulfone groups is 2.